The van der Waals surface area contributed by atoms with Gasteiger partial charge in [-0.1, -0.05) is 108 Å². The summed E-state index contributed by atoms with van der Waals surface area (Å²) in [6, 6.07) is 7.86. The number of carboxylic acids is 1. The lowest BCUT2D eigenvalue weighted by atomic mass is 10.1. The van der Waals surface area contributed by atoms with Crippen LogP contribution >= 0.6 is 0 Å². The van der Waals surface area contributed by atoms with Gasteiger partial charge in [0.15, 0.2) is 6.17 Å². The van der Waals surface area contributed by atoms with Crippen LogP contribution in [0.1, 0.15) is 89.5 Å². The number of carbonyl (C=O) groups excluding carboxylic acids is 3. The van der Waals surface area contributed by atoms with E-state index in [9.17, 15) is 19.2 Å². The summed E-state index contributed by atoms with van der Waals surface area (Å²) >= 11 is 0. The lowest BCUT2D eigenvalue weighted by Gasteiger charge is -2.28. The zero-order valence-electron chi connectivity index (χ0n) is 24.9. The predicted molar refractivity (Wildman–Crippen MR) is 159 cm³/mol. The first-order chi connectivity index (χ1) is 19.8. The second-order valence-corrected chi connectivity index (χ2v) is 10.3. The van der Waals surface area contributed by atoms with Crippen molar-refractivity contribution in [1.29, 1.82) is 0 Å². The Morgan fingerprint density at radius 3 is 1.98 bits per heavy atom. The highest BCUT2D eigenvalue weighted by atomic mass is 16.5. The third-order valence-corrected chi connectivity index (χ3v) is 6.78. The zero-order chi connectivity index (χ0) is 30.3. The highest BCUT2D eigenvalue weighted by molar-refractivity contribution is 5.92. The molecule has 2 atom stereocenters. The Bertz CT molecular complexity index is 885. The van der Waals surface area contributed by atoms with Crippen molar-refractivity contribution >= 4 is 23.8 Å². The van der Waals surface area contributed by atoms with Gasteiger partial charge in [-0.3, -0.25) is 14.4 Å². The minimum Gasteiger partial charge on any atom is -0.480 e. The molecule has 0 radical (unpaired) electrons. The van der Waals surface area contributed by atoms with E-state index in [-0.39, 0.29) is 13.2 Å². The zero-order valence-corrected chi connectivity index (χ0v) is 24.9. The maximum absolute atomic E-state index is 13.0. The van der Waals surface area contributed by atoms with Crippen molar-refractivity contribution in [3.05, 3.63) is 35.9 Å². The second kappa shape index (κ2) is 22.5. The summed E-state index contributed by atoms with van der Waals surface area (Å²) in [5.74, 6) is -2.79. The number of nitrogens with one attached hydrogen (secondary N) is 3. The summed E-state index contributed by atoms with van der Waals surface area (Å²) in [7, 11) is 1.48. The number of urea groups is 1. The molecule has 1 aromatic rings. The quantitative estimate of drug-likeness (QED) is 0.0981. The number of amides is 4. The van der Waals surface area contributed by atoms with E-state index in [0.717, 1.165) is 24.8 Å². The largest absolute Gasteiger partial charge is 0.480 e. The van der Waals surface area contributed by atoms with Crippen molar-refractivity contribution in [2.45, 2.75) is 103 Å². The number of likely N-dealkylation sites (N-methyl/N-ethyl adjacent to an activating group) is 1. The van der Waals surface area contributed by atoms with Gasteiger partial charge in [-0.25, -0.2) is 4.79 Å². The monoisotopic (exact) mass is 577 g/mol. The molecule has 41 heavy (non-hydrogen) atoms. The molecule has 0 fully saturated rings. The average molecular weight is 578 g/mol. The molecule has 11 heteroatoms. The molecule has 0 aliphatic carbocycles. The first kappa shape index (κ1) is 35.8. The number of benzene rings is 1. The number of carboxylic acid groups (broad SMARTS) is 1. The van der Waals surface area contributed by atoms with Crippen LogP contribution in [-0.2, 0) is 25.7 Å². The number of unbranched alkanes of at least 4 members (excludes halogenated alkanes) is 11. The average Bonchev–Trinajstić information content (AvgIpc) is 2.96. The molecule has 4 amide bonds. The highest BCUT2D eigenvalue weighted by Gasteiger charge is 2.29. The van der Waals surface area contributed by atoms with Crippen LogP contribution in [0.3, 0.4) is 0 Å². The van der Waals surface area contributed by atoms with Gasteiger partial charge in [0.1, 0.15) is 12.6 Å². The molecule has 0 spiro atoms. The fourth-order valence-electron chi connectivity index (χ4n) is 4.24. The van der Waals surface area contributed by atoms with E-state index in [2.05, 4.69) is 22.9 Å². The number of carbonyl (C=O) groups is 4. The number of ether oxygens (including phenoxy) is 1. The number of nitrogens with two attached hydrogens (primary N) is 1. The van der Waals surface area contributed by atoms with Crippen molar-refractivity contribution in [3.8, 4) is 0 Å². The van der Waals surface area contributed by atoms with Crippen molar-refractivity contribution in [2.75, 3.05) is 26.7 Å². The molecule has 0 unspecified atom stereocenters. The van der Waals surface area contributed by atoms with Crippen LogP contribution in [0, 0.1) is 0 Å². The summed E-state index contributed by atoms with van der Waals surface area (Å²) in [5.41, 5.74) is 6.63. The van der Waals surface area contributed by atoms with E-state index in [4.69, 9.17) is 15.6 Å². The Hall–Kier alpha value is -3.18. The van der Waals surface area contributed by atoms with Gasteiger partial charge in [0, 0.05) is 13.6 Å². The molecule has 6 N–H and O–H groups in total. The second-order valence-electron chi connectivity index (χ2n) is 10.3. The fraction of sp³-hybridized carbons (Fsp3) is 0.667. The summed E-state index contributed by atoms with van der Waals surface area (Å²) in [6.07, 6.45) is 13.2. The van der Waals surface area contributed by atoms with Gasteiger partial charge >= 0.3 is 12.0 Å². The van der Waals surface area contributed by atoms with Crippen molar-refractivity contribution in [3.63, 3.8) is 0 Å². The minimum absolute atomic E-state index is 0.132. The Morgan fingerprint density at radius 1 is 0.854 bits per heavy atom. The molecule has 0 aliphatic heterocycles. The van der Waals surface area contributed by atoms with E-state index in [1.165, 1.54) is 69.7 Å². The Morgan fingerprint density at radius 2 is 1.41 bits per heavy atom. The van der Waals surface area contributed by atoms with Gasteiger partial charge in [-0.05, 0) is 12.0 Å². The highest BCUT2D eigenvalue weighted by Crippen LogP contribution is 2.12. The Kier molecular flexibility index (Phi) is 19.7. The molecule has 1 rings (SSSR count). The van der Waals surface area contributed by atoms with Crippen LogP contribution < -0.4 is 21.7 Å². The topological polar surface area (TPSA) is 163 Å². The maximum atomic E-state index is 13.0. The molecule has 0 saturated carbocycles. The molecule has 0 bridgehead atoms. The van der Waals surface area contributed by atoms with Crippen LogP contribution in [0.25, 0.3) is 0 Å². The standard InChI is InChI=1S/C30H51N5O6/c1-3-4-5-6-7-8-9-10-11-12-13-17-20-32-30(40)35(2)25(23-41-22-24-18-15-14-16-19-24)28(38)34-27(31)29(39)33-21-26(36)37/h14-16,18-19,25,27H,3-13,17,20-23,31H2,1-2H3,(H,32,40)(H,33,39)(H,34,38)(H,36,37)/t25-,27+/m1/s1. The lowest BCUT2D eigenvalue weighted by Crippen LogP contribution is -2.59. The van der Waals surface area contributed by atoms with Crippen LogP contribution in [0.4, 0.5) is 4.79 Å². The van der Waals surface area contributed by atoms with Gasteiger partial charge in [0.2, 0.25) is 5.91 Å². The molecule has 0 saturated heterocycles. The maximum Gasteiger partial charge on any atom is 0.322 e. The molecule has 11 nitrogen and oxygen atoms in total. The minimum atomic E-state index is -1.49. The number of hydrogen-bond donors (Lipinski definition) is 5. The summed E-state index contributed by atoms with van der Waals surface area (Å²) in [5, 5.41) is 16.0. The van der Waals surface area contributed by atoms with Gasteiger partial charge in [0.25, 0.3) is 5.91 Å². The summed E-state index contributed by atoms with van der Waals surface area (Å²) < 4.78 is 5.72. The van der Waals surface area contributed by atoms with Crippen LogP contribution in [0.5, 0.6) is 0 Å². The van der Waals surface area contributed by atoms with Crippen LogP contribution in [0.15, 0.2) is 30.3 Å². The van der Waals surface area contributed by atoms with E-state index in [1.807, 2.05) is 30.3 Å². The van der Waals surface area contributed by atoms with Crippen LogP contribution in [0.2, 0.25) is 0 Å². The summed E-state index contributed by atoms with van der Waals surface area (Å²) in [6.45, 7) is 2.18. The van der Waals surface area contributed by atoms with Gasteiger partial charge in [0.05, 0.1) is 13.2 Å². The Balaban J connectivity index is 2.46. The van der Waals surface area contributed by atoms with Crippen molar-refractivity contribution in [2.24, 2.45) is 5.73 Å². The predicted octanol–water partition coefficient (Wildman–Crippen LogP) is 3.52. The van der Waals surface area contributed by atoms with E-state index >= 15 is 0 Å². The number of nitrogens with zero attached hydrogens (tertiary/aromatic N) is 1. The SMILES string of the molecule is CCCCCCCCCCCCCCNC(=O)N(C)[C@H](COCc1ccccc1)C(=O)N[C@H](N)C(=O)NCC(=O)O. The number of hydrogen-bond acceptors (Lipinski definition) is 6. The third kappa shape index (κ3) is 17.3. The molecular formula is C30H51N5O6. The van der Waals surface area contributed by atoms with Gasteiger partial charge in [-0.15, -0.1) is 0 Å². The number of rotatable bonds is 23. The first-order valence-electron chi connectivity index (χ1n) is 14.9. The third-order valence-electron chi connectivity index (χ3n) is 6.78. The van der Waals surface area contributed by atoms with Crippen LogP contribution in [-0.4, -0.2) is 72.8 Å². The molecule has 232 valence electrons. The number of aliphatic carboxylic acids is 1. The first-order valence-corrected chi connectivity index (χ1v) is 14.9. The van der Waals surface area contributed by atoms with Gasteiger partial charge in [-0.2, -0.15) is 0 Å². The smallest absolute Gasteiger partial charge is 0.322 e. The van der Waals surface area contributed by atoms with Gasteiger partial charge < -0.3 is 36.4 Å². The summed E-state index contributed by atoms with van der Waals surface area (Å²) in [4.78, 5) is 49.7. The fourth-order valence-corrected chi connectivity index (χ4v) is 4.24. The molecule has 0 aromatic heterocycles. The Labute approximate surface area is 244 Å². The molecule has 0 aliphatic rings. The van der Waals surface area contributed by atoms with E-state index in [1.54, 1.807) is 0 Å². The van der Waals surface area contributed by atoms with Crippen molar-refractivity contribution in [1.82, 2.24) is 20.9 Å². The molecule has 1 aromatic carbocycles. The van der Waals surface area contributed by atoms with E-state index < -0.39 is 42.6 Å². The normalized spacial score (nSPS) is 12.3. The lowest BCUT2D eigenvalue weighted by molar-refractivity contribution is -0.138. The van der Waals surface area contributed by atoms with E-state index in [0.29, 0.717) is 6.54 Å². The van der Waals surface area contributed by atoms with Crippen molar-refractivity contribution < 1.29 is 29.0 Å². The molecule has 0 heterocycles. The molecular weight excluding hydrogens is 526 g/mol.